The highest BCUT2D eigenvalue weighted by Crippen LogP contribution is 2.63. The maximum atomic E-state index is 14.5. The number of alkyl halides is 3. The zero-order valence-corrected chi connectivity index (χ0v) is 26.5. The molecular weight excluding hydrogens is 591 g/mol. The Morgan fingerprint density at radius 3 is 2.34 bits per heavy atom. The Labute approximate surface area is 258 Å². The summed E-state index contributed by atoms with van der Waals surface area (Å²) in [5.74, 6) is -1.32. The van der Waals surface area contributed by atoms with E-state index in [4.69, 9.17) is 0 Å². The maximum absolute atomic E-state index is 14.5. The van der Waals surface area contributed by atoms with Gasteiger partial charge in [0.1, 0.15) is 5.69 Å². The van der Waals surface area contributed by atoms with E-state index in [0.717, 1.165) is 6.42 Å². The SMILES string of the molecule is CCc1c(C(F)(F)F)nc(-c2ccnc3cc(CN4C(=O)C5C(C4=O)C5(C)C)sc23)c(C(=O)N2CCC(N(C)C)C2)c1CC. The number of likely N-dealkylation sites (tertiary alicyclic amines) is 2. The van der Waals surface area contributed by atoms with Crippen LogP contribution in [0.1, 0.15) is 66.2 Å². The van der Waals surface area contributed by atoms with E-state index < -0.39 is 11.9 Å². The van der Waals surface area contributed by atoms with Crippen molar-refractivity contribution in [3.05, 3.63) is 45.6 Å². The van der Waals surface area contributed by atoms with Gasteiger partial charge in [-0.3, -0.25) is 24.3 Å². The van der Waals surface area contributed by atoms with Crippen molar-refractivity contribution in [3.63, 3.8) is 0 Å². The second-order valence-corrected chi connectivity index (χ2v) is 14.0. The third kappa shape index (κ3) is 4.72. The largest absolute Gasteiger partial charge is 0.433 e. The van der Waals surface area contributed by atoms with Crippen molar-refractivity contribution in [3.8, 4) is 11.3 Å². The average molecular weight is 628 g/mol. The third-order valence-corrected chi connectivity index (χ3v) is 10.8. The van der Waals surface area contributed by atoms with Crippen LogP contribution in [-0.4, -0.2) is 75.6 Å². The predicted octanol–water partition coefficient (Wildman–Crippen LogP) is 5.42. The van der Waals surface area contributed by atoms with Gasteiger partial charge in [-0.1, -0.05) is 27.7 Å². The van der Waals surface area contributed by atoms with Crippen LogP contribution in [-0.2, 0) is 35.2 Å². The highest BCUT2D eigenvalue weighted by molar-refractivity contribution is 7.19. The lowest BCUT2D eigenvalue weighted by Gasteiger charge is -2.25. The van der Waals surface area contributed by atoms with Gasteiger partial charge in [-0.25, -0.2) is 4.98 Å². The molecular formula is C32H36F3N5O3S. The quantitative estimate of drug-likeness (QED) is 0.326. The molecule has 0 bridgehead atoms. The van der Waals surface area contributed by atoms with Crippen LogP contribution < -0.4 is 0 Å². The topological polar surface area (TPSA) is 86.7 Å². The lowest BCUT2D eigenvalue weighted by atomic mass is 9.91. The third-order valence-electron chi connectivity index (χ3n) is 9.71. The summed E-state index contributed by atoms with van der Waals surface area (Å²) in [6.07, 6.45) is -2.14. The highest BCUT2D eigenvalue weighted by Gasteiger charge is 2.72. The van der Waals surface area contributed by atoms with Crippen molar-refractivity contribution in [2.75, 3.05) is 27.2 Å². The fourth-order valence-electron chi connectivity index (χ4n) is 7.18. The molecule has 3 atom stereocenters. The molecule has 234 valence electrons. The van der Waals surface area contributed by atoms with Gasteiger partial charge >= 0.3 is 6.18 Å². The number of pyridine rings is 2. The molecule has 1 aliphatic carbocycles. The number of carbonyl (C=O) groups excluding carboxylic acids is 3. The van der Waals surface area contributed by atoms with E-state index in [-0.39, 0.29) is 77.2 Å². The van der Waals surface area contributed by atoms with Gasteiger partial charge in [0, 0.05) is 35.8 Å². The summed E-state index contributed by atoms with van der Waals surface area (Å²) in [6, 6.07) is 3.51. The number of likely N-dealkylation sites (N-methyl/N-ethyl adjacent to an activating group) is 1. The first-order valence-corrected chi connectivity index (χ1v) is 15.8. The van der Waals surface area contributed by atoms with Gasteiger partial charge in [-0.05, 0) is 62.0 Å². The Morgan fingerprint density at radius 2 is 1.77 bits per heavy atom. The Morgan fingerprint density at radius 1 is 1.11 bits per heavy atom. The minimum absolute atomic E-state index is 0.0122. The van der Waals surface area contributed by atoms with E-state index in [2.05, 4.69) is 14.9 Å². The van der Waals surface area contributed by atoms with E-state index >= 15 is 0 Å². The van der Waals surface area contributed by atoms with Crippen LogP contribution in [0, 0.1) is 17.3 Å². The Hall–Kier alpha value is -3.38. The second kappa shape index (κ2) is 10.6. The molecule has 3 aliphatic rings. The Kier molecular flexibility index (Phi) is 7.39. The molecule has 0 aromatic carbocycles. The number of hydrogen-bond acceptors (Lipinski definition) is 7. The Balaban J connectivity index is 1.48. The first-order chi connectivity index (χ1) is 20.7. The number of nitrogens with zero attached hydrogens (tertiary/aromatic N) is 5. The first kappa shape index (κ1) is 30.6. The van der Waals surface area contributed by atoms with Crippen LogP contribution in [0.2, 0.25) is 0 Å². The number of thiophene rings is 1. The van der Waals surface area contributed by atoms with Crippen molar-refractivity contribution in [1.82, 2.24) is 24.7 Å². The number of aromatic nitrogens is 2. The standard InChI is InChI=1S/C32H36F3N5O3S/c1-7-18-19(8-2)27(32(33,34)35)37-25(22(18)28(41)39-12-10-16(14-39)38(5)6)20-9-11-36-21-13-17(44-26(20)21)15-40-29(42)23-24(30(40)43)31(23,3)4/h9,11,13,16,23-24H,7-8,10,12,14-15H2,1-6H3. The zero-order valence-electron chi connectivity index (χ0n) is 25.7. The van der Waals surface area contributed by atoms with Crippen LogP contribution in [0.4, 0.5) is 13.2 Å². The summed E-state index contributed by atoms with van der Waals surface area (Å²) in [4.78, 5) is 54.6. The molecule has 2 aliphatic heterocycles. The lowest BCUT2D eigenvalue weighted by molar-refractivity contribution is -0.144. The van der Waals surface area contributed by atoms with Crippen molar-refractivity contribution >= 4 is 39.3 Å². The second-order valence-electron chi connectivity index (χ2n) is 12.8. The molecule has 3 unspecified atom stereocenters. The number of hydrogen-bond donors (Lipinski definition) is 0. The van der Waals surface area contributed by atoms with E-state index in [1.165, 1.54) is 22.4 Å². The van der Waals surface area contributed by atoms with E-state index in [0.29, 0.717) is 39.3 Å². The van der Waals surface area contributed by atoms with Crippen LogP contribution >= 0.6 is 11.3 Å². The molecule has 6 rings (SSSR count). The number of carbonyl (C=O) groups is 3. The molecule has 2 saturated heterocycles. The molecule has 3 fully saturated rings. The summed E-state index contributed by atoms with van der Waals surface area (Å²) in [5.41, 5.74) is 0.172. The van der Waals surface area contributed by atoms with Crippen molar-refractivity contribution in [2.45, 2.75) is 65.7 Å². The summed E-state index contributed by atoms with van der Waals surface area (Å²) in [7, 11) is 3.90. The van der Waals surface area contributed by atoms with Crippen LogP contribution in [0.25, 0.3) is 21.5 Å². The molecule has 8 nitrogen and oxygen atoms in total. The van der Waals surface area contributed by atoms with Crippen LogP contribution in [0.3, 0.4) is 0 Å². The highest BCUT2D eigenvalue weighted by atomic mass is 32.1. The molecule has 0 spiro atoms. The summed E-state index contributed by atoms with van der Waals surface area (Å²) >= 11 is 1.26. The zero-order chi connectivity index (χ0) is 31.9. The summed E-state index contributed by atoms with van der Waals surface area (Å²) in [6.45, 7) is 8.30. The minimum atomic E-state index is -4.72. The smallest absolute Gasteiger partial charge is 0.337 e. The number of fused-ring (bicyclic) bond motifs is 2. The van der Waals surface area contributed by atoms with Gasteiger partial charge in [0.25, 0.3) is 5.91 Å². The van der Waals surface area contributed by atoms with Crippen LogP contribution in [0.5, 0.6) is 0 Å². The number of piperidine rings is 1. The molecule has 5 heterocycles. The van der Waals surface area contributed by atoms with E-state index in [1.807, 2.05) is 27.9 Å². The van der Waals surface area contributed by atoms with E-state index in [1.54, 1.807) is 30.9 Å². The summed E-state index contributed by atoms with van der Waals surface area (Å²) in [5, 5.41) is 0. The van der Waals surface area contributed by atoms with Crippen molar-refractivity contribution in [2.24, 2.45) is 17.3 Å². The fraction of sp³-hybridized carbons (Fsp3) is 0.531. The molecule has 1 saturated carbocycles. The van der Waals surface area contributed by atoms with Gasteiger partial charge in [-0.15, -0.1) is 11.3 Å². The number of rotatable bonds is 7. The molecule has 44 heavy (non-hydrogen) atoms. The minimum Gasteiger partial charge on any atom is -0.337 e. The molecule has 3 amide bonds. The first-order valence-electron chi connectivity index (χ1n) is 15.0. The van der Waals surface area contributed by atoms with Crippen molar-refractivity contribution in [1.29, 1.82) is 0 Å². The van der Waals surface area contributed by atoms with Gasteiger partial charge in [0.15, 0.2) is 0 Å². The predicted molar refractivity (Wildman–Crippen MR) is 161 cm³/mol. The average Bonchev–Trinajstić information content (AvgIpc) is 3.40. The Bertz CT molecular complexity index is 1670. The number of imide groups is 1. The van der Waals surface area contributed by atoms with Gasteiger partial charge in [0.2, 0.25) is 11.8 Å². The van der Waals surface area contributed by atoms with E-state index in [9.17, 15) is 27.6 Å². The molecule has 12 heteroatoms. The molecule has 3 aromatic heterocycles. The maximum Gasteiger partial charge on any atom is 0.433 e. The van der Waals surface area contributed by atoms with Gasteiger partial charge < -0.3 is 9.80 Å². The van der Waals surface area contributed by atoms with Crippen LogP contribution in [0.15, 0.2) is 18.3 Å². The lowest BCUT2D eigenvalue weighted by Crippen LogP contribution is -2.35. The fourth-order valence-corrected chi connectivity index (χ4v) is 8.29. The number of amides is 3. The molecule has 3 aromatic rings. The molecule has 0 radical (unpaired) electrons. The monoisotopic (exact) mass is 627 g/mol. The van der Waals surface area contributed by atoms with Gasteiger partial charge in [0.05, 0.1) is 39.9 Å². The van der Waals surface area contributed by atoms with Gasteiger partial charge in [-0.2, -0.15) is 13.2 Å². The summed E-state index contributed by atoms with van der Waals surface area (Å²) < 4.78 is 44.0. The number of halogens is 3. The molecule has 0 N–H and O–H groups in total. The normalized spacial score (nSPS) is 22.9. The van der Waals surface area contributed by atoms with Crippen molar-refractivity contribution < 1.29 is 27.6 Å².